The van der Waals surface area contributed by atoms with E-state index in [1.54, 1.807) is 48.5 Å². The van der Waals surface area contributed by atoms with E-state index >= 15 is 0 Å². The van der Waals surface area contributed by atoms with E-state index in [0.717, 1.165) is 0 Å². The quantitative estimate of drug-likeness (QED) is 0.0541. The van der Waals surface area contributed by atoms with Crippen LogP contribution in [0.2, 0.25) is 0 Å². The maximum atomic E-state index is 12.7. The molecule has 7 rings (SSSR count). The molecule has 5 aromatic rings. The van der Waals surface area contributed by atoms with Crippen LogP contribution in [0.25, 0.3) is 22.9 Å². The first-order valence-electron chi connectivity index (χ1n) is 18.7. The summed E-state index contributed by atoms with van der Waals surface area (Å²) in [6.45, 7) is -0.334. The van der Waals surface area contributed by atoms with Crippen molar-refractivity contribution in [3.8, 4) is 22.9 Å². The highest BCUT2D eigenvalue weighted by molar-refractivity contribution is 5.91. The van der Waals surface area contributed by atoms with Crippen LogP contribution >= 0.6 is 0 Å². The number of amides is 2. The van der Waals surface area contributed by atoms with Gasteiger partial charge < -0.3 is 67.9 Å². The first kappa shape index (κ1) is 41.6. The molecule has 14 N–H and O–H groups in total. The lowest BCUT2D eigenvalue weighted by molar-refractivity contribution is -0.132. The van der Waals surface area contributed by atoms with Crippen molar-refractivity contribution in [1.29, 1.82) is 0 Å². The monoisotopic (exact) mass is 818 g/mol. The second-order valence-electron chi connectivity index (χ2n) is 14.6. The van der Waals surface area contributed by atoms with E-state index < -0.39 is 60.8 Å². The van der Waals surface area contributed by atoms with Gasteiger partial charge >= 0.3 is 0 Å². The summed E-state index contributed by atoms with van der Waals surface area (Å²) in [5.41, 5.74) is 26.8. The van der Waals surface area contributed by atoms with E-state index in [4.69, 9.17) is 36.8 Å². The molecule has 10 atom stereocenters. The van der Waals surface area contributed by atoms with Crippen molar-refractivity contribution in [2.75, 3.05) is 10.6 Å². The number of benzene rings is 2. The molecule has 314 valence electrons. The number of hydrogen-bond acceptors (Lipinski definition) is 19. The smallest absolute Gasteiger partial charge is 0.248 e. The predicted octanol–water partition coefficient (Wildman–Crippen LogP) is -2.81. The second kappa shape index (κ2) is 18.1. The number of nitrogens with zero attached hydrogens (tertiary/aromatic N) is 8. The molecule has 23 nitrogen and oxygen atoms in total. The Kier molecular flexibility index (Phi) is 12.8. The Labute approximate surface area is 335 Å². The SMILES string of the molecule is N[C@@H]1C[C@H](N)[C@@H](OCc2cn(CC(=O)Nc3ccc(-c4nnc(-c5ccc(NC(=O)Cn6cc(CO[C@H]7[C@H](O)[C@@H](O)[C@H](N)C[C@@H]7N)nn6)cc5)o4)cc3)nn2)[C@H](O)[C@H]1O. The average molecular weight is 819 g/mol. The third-order valence-corrected chi connectivity index (χ3v) is 10.1. The Morgan fingerprint density at radius 1 is 0.610 bits per heavy atom. The molecule has 23 heteroatoms. The third-order valence-electron chi connectivity index (χ3n) is 10.1. The van der Waals surface area contributed by atoms with Gasteiger partial charge in [-0.1, -0.05) is 10.4 Å². The first-order valence-corrected chi connectivity index (χ1v) is 18.7. The minimum absolute atomic E-state index is 0.0381. The molecule has 0 bridgehead atoms. The van der Waals surface area contributed by atoms with Gasteiger partial charge in [0.2, 0.25) is 23.6 Å². The lowest BCUT2D eigenvalue weighted by Crippen LogP contribution is -2.61. The number of aliphatic hydroxyl groups is 4. The molecule has 2 fully saturated rings. The summed E-state index contributed by atoms with van der Waals surface area (Å²) in [5, 5.41) is 70.5. The molecule has 0 aliphatic heterocycles. The molecule has 2 aliphatic carbocycles. The molecule has 3 heterocycles. The lowest BCUT2D eigenvalue weighted by Gasteiger charge is -2.39. The molecule has 0 radical (unpaired) electrons. The van der Waals surface area contributed by atoms with Crippen molar-refractivity contribution in [3.05, 3.63) is 72.3 Å². The van der Waals surface area contributed by atoms with Crippen LogP contribution in [0.3, 0.4) is 0 Å². The highest BCUT2D eigenvalue weighted by Crippen LogP contribution is 2.27. The van der Waals surface area contributed by atoms with Gasteiger partial charge in [-0.25, -0.2) is 9.36 Å². The molecular weight excluding hydrogens is 772 g/mol. The van der Waals surface area contributed by atoms with Gasteiger partial charge in [0.25, 0.3) is 0 Å². The zero-order valence-corrected chi connectivity index (χ0v) is 31.5. The number of rotatable bonds is 14. The molecule has 2 saturated carbocycles. The Bertz CT molecular complexity index is 2030. The fraction of sp³-hybridized carbons (Fsp3) is 0.444. The Hall–Kier alpha value is -5.60. The fourth-order valence-corrected chi connectivity index (χ4v) is 6.89. The number of nitrogens with one attached hydrogen (secondary N) is 2. The largest absolute Gasteiger partial charge is 0.416 e. The lowest BCUT2D eigenvalue weighted by atomic mass is 9.85. The molecule has 2 amide bonds. The van der Waals surface area contributed by atoms with Gasteiger partial charge in [0, 0.05) is 46.7 Å². The zero-order valence-electron chi connectivity index (χ0n) is 31.5. The Morgan fingerprint density at radius 2 is 1.00 bits per heavy atom. The molecule has 2 aliphatic rings. The molecule has 2 aromatic carbocycles. The summed E-state index contributed by atoms with van der Waals surface area (Å²) < 4.78 is 20.0. The summed E-state index contributed by atoms with van der Waals surface area (Å²) in [6, 6.07) is 11.2. The highest BCUT2D eigenvalue weighted by atomic mass is 16.5. The van der Waals surface area contributed by atoms with Crippen molar-refractivity contribution in [2.24, 2.45) is 22.9 Å². The van der Waals surface area contributed by atoms with Gasteiger partial charge in [-0.05, 0) is 61.4 Å². The van der Waals surface area contributed by atoms with Crippen molar-refractivity contribution < 1.29 is 43.9 Å². The summed E-state index contributed by atoms with van der Waals surface area (Å²) in [7, 11) is 0. The average Bonchev–Trinajstić information content (AvgIpc) is 3.99. The molecule has 0 unspecified atom stereocenters. The van der Waals surface area contributed by atoms with Crippen molar-refractivity contribution in [2.45, 2.75) is 99.9 Å². The van der Waals surface area contributed by atoms with E-state index in [9.17, 15) is 30.0 Å². The van der Waals surface area contributed by atoms with Gasteiger partial charge in [0.1, 0.15) is 48.9 Å². The maximum absolute atomic E-state index is 12.7. The van der Waals surface area contributed by atoms with E-state index in [1.165, 1.54) is 21.8 Å². The van der Waals surface area contributed by atoms with Gasteiger partial charge in [0.15, 0.2) is 0 Å². The van der Waals surface area contributed by atoms with Gasteiger partial charge in [-0.2, -0.15) is 0 Å². The number of carbonyl (C=O) groups excluding carboxylic acids is 2. The first-order chi connectivity index (χ1) is 28.3. The predicted molar refractivity (Wildman–Crippen MR) is 205 cm³/mol. The number of aliphatic hydroxyl groups excluding tert-OH is 4. The van der Waals surface area contributed by atoms with Gasteiger partial charge in [-0.15, -0.1) is 20.4 Å². The number of aromatic nitrogens is 8. The van der Waals surface area contributed by atoms with E-state index in [1.807, 2.05) is 0 Å². The Balaban J connectivity index is 0.848. The minimum atomic E-state index is -1.24. The number of nitrogens with two attached hydrogens (primary N) is 4. The zero-order chi connectivity index (χ0) is 41.8. The van der Waals surface area contributed by atoms with Crippen molar-refractivity contribution in [3.63, 3.8) is 0 Å². The second-order valence-corrected chi connectivity index (χ2v) is 14.6. The van der Waals surface area contributed by atoms with Crippen molar-refractivity contribution in [1.82, 2.24) is 40.2 Å². The highest BCUT2D eigenvalue weighted by Gasteiger charge is 2.42. The number of hydrogen-bond donors (Lipinski definition) is 10. The summed E-state index contributed by atoms with van der Waals surface area (Å²) in [5.74, 6) is -0.212. The Morgan fingerprint density at radius 3 is 1.39 bits per heavy atom. The molecule has 0 spiro atoms. The summed E-state index contributed by atoms with van der Waals surface area (Å²) in [4.78, 5) is 25.4. The third kappa shape index (κ3) is 9.99. The summed E-state index contributed by atoms with van der Waals surface area (Å²) >= 11 is 0. The van der Waals surface area contributed by atoms with Crippen LogP contribution in [0.5, 0.6) is 0 Å². The van der Waals surface area contributed by atoms with E-state index in [0.29, 0.717) is 46.7 Å². The van der Waals surface area contributed by atoms with Crippen LogP contribution in [-0.4, -0.2) is 133 Å². The van der Waals surface area contributed by atoms with E-state index in [2.05, 4.69) is 41.5 Å². The normalized spacial score (nSPS) is 27.1. The maximum Gasteiger partial charge on any atom is 0.248 e. The van der Waals surface area contributed by atoms with Crippen LogP contribution in [0.15, 0.2) is 65.3 Å². The topological polar surface area (TPSA) is 362 Å². The minimum Gasteiger partial charge on any atom is -0.416 e. The van der Waals surface area contributed by atoms with Crippen molar-refractivity contribution >= 4 is 23.2 Å². The number of ether oxygens (including phenoxy) is 2. The van der Waals surface area contributed by atoms with Crippen LogP contribution in [0, 0.1) is 0 Å². The number of carbonyl (C=O) groups is 2. The number of anilines is 2. The van der Waals surface area contributed by atoms with Gasteiger partial charge in [-0.3, -0.25) is 9.59 Å². The fourth-order valence-electron chi connectivity index (χ4n) is 6.89. The summed E-state index contributed by atoms with van der Waals surface area (Å²) in [6.07, 6.45) is -2.80. The molecule has 3 aromatic heterocycles. The van der Waals surface area contributed by atoms with E-state index in [-0.39, 0.29) is 49.9 Å². The molecule has 0 saturated heterocycles. The van der Waals surface area contributed by atoms with Gasteiger partial charge in [0.05, 0.1) is 37.8 Å². The van der Waals surface area contributed by atoms with Crippen LogP contribution < -0.4 is 33.6 Å². The molecular formula is C36H46N14O9. The van der Waals surface area contributed by atoms with Crippen LogP contribution in [-0.2, 0) is 45.4 Å². The van der Waals surface area contributed by atoms with Crippen LogP contribution in [0.1, 0.15) is 24.2 Å². The van der Waals surface area contributed by atoms with Crippen LogP contribution in [0.4, 0.5) is 11.4 Å². The standard InChI is InChI=1S/C36H46N14O9/c37-23-9-25(39)33(31(55)29(23)53)57-15-21-11-49(47-43-21)13-27(51)41-19-5-1-17(2-6-19)35-45-46-36(59-35)18-3-7-20(8-4-18)42-28(52)14-50-12-22(44-48-50)16-58-34-26(40)10-24(38)30(54)32(34)56/h1-8,11-12,23-26,29-34,53-56H,9-10,13-16,37-40H2,(H,41,51)(H,42,52)/t23-,24-,25+,26+,29+,30+,31-,32-,33-,34-/m1/s1. The molecule has 59 heavy (non-hydrogen) atoms.